The van der Waals surface area contributed by atoms with Gasteiger partial charge >= 0.3 is 5.97 Å². The molecule has 3 nitrogen and oxygen atoms in total. The monoisotopic (exact) mass is 251 g/mol. The number of carbonyl (C=O) groups is 1. The Hall–Kier alpha value is -1.75. The van der Waals surface area contributed by atoms with E-state index in [0.717, 1.165) is 0 Å². The summed E-state index contributed by atoms with van der Waals surface area (Å²) in [7, 11) is 0. The van der Waals surface area contributed by atoms with Crippen LogP contribution in [0.3, 0.4) is 0 Å². The van der Waals surface area contributed by atoms with E-state index in [-0.39, 0.29) is 11.5 Å². The van der Waals surface area contributed by atoms with Crippen LogP contribution in [0, 0.1) is 5.82 Å². The van der Waals surface area contributed by atoms with Gasteiger partial charge in [0, 0.05) is 11.8 Å². The quantitative estimate of drug-likeness (QED) is 0.909. The molecule has 17 heavy (non-hydrogen) atoms. The average molecular weight is 251 g/mol. The molecule has 0 saturated heterocycles. The van der Waals surface area contributed by atoms with Crippen molar-refractivity contribution in [1.82, 2.24) is 4.98 Å². The normalized spacial score (nSPS) is 10.4. The summed E-state index contributed by atoms with van der Waals surface area (Å²) in [6.45, 7) is 0. The number of aromatic carboxylic acids is 1. The van der Waals surface area contributed by atoms with Crippen LogP contribution in [-0.4, -0.2) is 16.1 Å². The zero-order chi connectivity index (χ0) is 12.3. The Balaban J connectivity index is 2.02. The second-order valence-electron chi connectivity index (χ2n) is 3.52. The molecule has 1 heterocycles. The first-order valence-corrected chi connectivity index (χ1v) is 5.96. The van der Waals surface area contributed by atoms with Crippen molar-refractivity contribution >= 4 is 17.3 Å². The number of nitrogens with zero attached hydrogens (tertiary/aromatic N) is 1. The topological polar surface area (TPSA) is 50.2 Å². The van der Waals surface area contributed by atoms with Crippen molar-refractivity contribution in [3.63, 3.8) is 0 Å². The Bertz CT molecular complexity index is 539. The SMILES string of the molecule is O=C(O)c1csc(CCc2ccccc2F)n1. The summed E-state index contributed by atoms with van der Waals surface area (Å²) < 4.78 is 13.3. The van der Waals surface area contributed by atoms with E-state index in [2.05, 4.69) is 4.98 Å². The van der Waals surface area contributed by atoms with Crippen LogP contribution in [0.25, 0.3) is 0 Å². The molecule has 2 aromatic rings. The molecule has 0 unspecified atom stereocenters. The number of thiazole rings is 1. The first kappa shape index (κ1) is 11.7. The third kappa shape index (κ3) is 2.88. The van der Waals surface area contributed by atoms with Crippen LogP contribution in [0.2, 0.25) is 0 Å². The molecule has 1 N–H and O–H groups in total. The minimum Gasteiger partial charge on any atom is -0.476 e. The van der Waals surface area contributed by atoms with E-state index in [0.29, 0.717) is 23.4 Å². The molecule has 0 fully saturated rings. The lowest BCUT2D eigenvalue weighted by molar-refractivity contribution is 0.0691. The van der Waals surface area contributed by atoms with E-state index < -0.39 is 5.97 Å². The minimum absolute atomic E-state index is 0.0542. The van der Waals surface area contributed by atoms with E-state index in [9.17, 15) is 9.18 Å². The van der Waals surface area contributed by atoms with Crippen molar-refractivity contribution in [3.05, 3.63) is 51.7 Å². The molecule has 0 aliphatic carbocycles. The van der Waals surface area contributed by atoms with E-state index in [1.165, 1.54) is 22.8 Å². The summed E-state index contributed by atoms with van der Waals surface area (Å²) >= 11 is 1.29. The van der Waals surface area contributed by atoms with E-state index in [1.54, 1.807) is 18.2 Å². The number of hydrogen-bond donors (Lipinski definition) is 1. The van der Waals surface area contributed by atoms with Gasteiger partial charge in [0.15, 0.2) is 5.69 Å². The van der Waals surface area contributed by atoms with E-state index in [4.69, 9.17) is 5.11 Å². The Labute approximate surface area is 102 Å². The van der Waals surface area contributed by atoms with Crippen molar-refractivity contribution in [2.45, 2.75) is 12.8 Å². The highest BCUT2D eigenvalue weighted by molar-refractivity contribution is 7.09. The van der Waals surface area contributed by atoms with Crippen LogP contribution >= 0.6 is 11.3 Å². The van der Waals surface area contributed by atoms with Crippen molar-refractivity contribution in [3.8, 4) is 0 Å². The van der Waals surface area contributed by atoms with Crippen LogP contribution in [0.5, 0.6) is 0 Å². The fraction of sp³-hybridized carbons (Fsp3) is 0.167. The first-order chi connectivity index (χ1) is 8.16. The molecule has 0 spiro atoms. The average Bonchev–Trinajstić information content (AvgIpc) is 2.77. The molecule has 0 aliphatic rings. The molecular formula is C12H10FNO2S. The maximum atomic E-state index is 13.3. The summed E-state index contributed by atoms with van der Waals surface area (Å²) in [5.74, 6) is -1.26. The van der Waals surface area contributed by atoms with E-state index >= 15 is 0 Å². The molecule has 0 radical (unpaired) electrons. The Morgan fingerprint density at radius 3 is 2.76 bits per heavy atom. The zero-order valence-electron chi connectivity index (χ0n) is 8.89. The molecule has 0 saturated carbocycles. The molecular weight excluding hydrogens is 241 g/mol. The van der Waals surface area contributed by atoms with E-state index in [1.807, 2.05) is 0 Å². The number of rotatable bonds is 4. The lowest BCUT2D eigenvalue weighted by atomic mass is 10.1. The summed E-state index contributed by atoms with van der Waals surface area (Å²) in [6.07, 6.45) is 1.08. The predicted molar refractivity (Wildman–Crippen MR) is 62.9 cm³/mol. The molecule has 2 rings (SSSR count). The standard InChI is InChI=1S/C12H10FNO2S/c13-9-4-2-1-3-8(9)5-6-11-14-10(7-17-11)12(15)16/h1-4,7H,5-6H2,(H,15,16). The van der Waals surface area contributed by atoms with Crippen LogP contribution in [0.4, 0.5) is 4.39 Å². The highest BCUT2D eigenvalue weighted by Gasteiger charge is 2.09. The lowest BCUT2D eigenvalue weighted by Gasteiger charge is -2.00. The summed E-state index contributed by atoms with van der Waals surface area (Å²) in [5, 5.41) is 10.9. The number of carboxylic acid groups (broad SMARTS) is 1. The summed E-state index contributed by atoms with van der Waals surface area (Å²) in [4.78, 5) is 14.6. The second-order valence-corrected chi connectivity index (χ2v) is 4.47. The molecule has 88 valence electrons. The van der Waals surface area contributed by atoms with Crippen molar-refractivity contribution in [2.75, 3.05) is 0 Å². The van der Waals surface area contributed by atoms with Crippen LogP contribution in [0.1, 0.15) is 21.1 Å². The number of benzene rings is 1. The minimum atomic E-state index is -1.03. The van der Waals surface area contributed by atoms with Crippen molar-refractivity contribution in [2.24, 2.45) is 0 Å². The number of aromatic nitrogens is 1. The highest BCUT2D eigenvalue weighted by Crippen LogP contribution is 2.14. The van der Waals surface area contributed by atoms with Gasteiger partial charge in [0.2, 0.25) is 0 Å². The van der Waals surface area contributed by atoms with Gasteiger partial charge in [0.1, 0.15) is 5.82 Å². The van der Waals surface area contributed by atoms with Gasteiger partial charge in [-0.05, 0) is 18.1 Å². The highest BCUT2D eigenvalue weighted by atomic mass is 32.1. The third-order valence-electron chi connectivity index (χ3n) is 2.34. The van der Waals surface area contributed by atoms with Gasteiger partial charge in [0.25, 0.3) is 0 Å². The molecule has 5 heteroatoms. The molecule has 0 aliphatic heterocycles. The third-order valence-corrected chi connectivity index (χ3v) is 3.25. The maximum absolute atomic E-state index is 13.3. The Morgan fingerprint density at radius 1 is 1.35 bits per heavy atom. The predicted octanol–water partition coefficient (Wildman–Crippen LogP) is 2.77. The lowest BCUT2D eigenvalue weighted by Crippen LogP contribution is -1.98. The molecule has 0 atom stereocenters. The van der Waals surface area contributed by atoms with Crippen LogP contribution in [-0.2, 0) is 12.8 Å². The van der Waals surface area contributed by atoms with Crippen LogP contribution < -0.4 is 0 Å². The van der Waals surface area contributed by atoms with Gasteiger partial charge in [-0.3, -0.25) is 0 Å². The maximum Gasteiger partial charge on any atom is 0.355 e. The number of halogens is 1. The molecule has 1 aromatic carbocycles. The van der Waals surface area contributed by atoms with Gasteiger partial charge in [-0.25, -0.2) is 14.2 Å². The largest absolute Gasteiger partial charge is 0.476 e. The van der Waals surface area contributed by atoms with Gasteiger partial charge in [-0.15, -0.1) is 11.3 Å². The van der Waals surface area contributed by atoms with Gasteiger partial charge in [0.05, 0.1) is 5.01 Å². The second kappa shape index (κ2) is 5.05. The Kier molecular flexibility index (Phi) is 3.49. The Morgan fingerprint density at radius 2 is 2.12 bits per heavy atom. The summed E-state index contributed by atoms with van der Waals surface area (Å²) in [5.41, 5.74) is 0.679. The van der Waals surface area contributed by atoms with Gasteiger partial charge < -0.3 is 5.11 Å². The number of aryl methyl sites for hydroxylation is 2. The smallest absolute Gasteiger partial charge is 0.355 e. The molecule has 0 bridgehead atoms. The van der Waals surface area contributed by atoms with Crippen molar-refractivity contribution < 1.29 is 14.3 Å². The molecule has 0 amide bonds. The number of hydrogen-bond acceptors (Lipinski definition) is 3. The van der Waals surface area contributed by atoms with Gasteiger partial charge in [-0.1, -0.05) is 18.2 Å². The van der Waals surface area contributed by atoms with Crippen molar-refractivity contribution in [1.29, 1.82) is 0 Å². The zero-order valence-corrected chi connectivity index (χ0v) is 9.71. The van der Waals surface area contributed by atoms with Crippen LogP contribution in [0.15, 0.2) is 29.6 Å². The molecule has 1 aromatic heterocycles. The number of carboxylic acids is 1. The first-order valence-electron chi connectivity index (χ1n) is 5.08. The summed E-state index contributed by atoms with van der Waals surface area (Å²) in [6, 6.07) is 6.56. The fourth-order valence-electron chi connectivity index (χ4n) is 1.47. The van der Waals surface area contributed by atoms with Gasteiger partial charge in [-0.2, -0.15) is 0 Å². The fourth-order valence-corrected chi connectivity index (χ4v) is 2.24.